The van der Waals surface area contributed by atoms with Crippen molar-refractivity contribution in [1.82, 2.24) is 0 Å². The molecule has 4 heteroatoms. The van der Waals surface area contributed by atoms with Gasteiger partial charge in [0.15, 0.2) is 0 Å². The second-order valence-electron chi connectivity index (χ2n) is 3.11. The maximum atomic E-state index is 13.2. The van der Waals surface area contributed by atoms with Crippen LogP contribution in [0.25, 0.3) is 0 Å². The molecule has 1 rings (SSSR count). The summed E-state index contributed by atoms with van der Waals surface area (Å²) in [7, 11) is 1.56. The number of benzene rings is 1. The highest BCUT2D eigenvalue weighted by Gasteiger charge is 2.16. The Morgan fingerprint density at radius 2 is 2.21 bits per heavy atom. The fraction of sp³-hybridized carbons (Fsp3) is 0.400. The Morgan fingerprint density at radius 1 is 1.57 bits per heavy atom. The van der Waals surface area contributed by atoms with Crippen LogP contribution in [0.5, 0.6) is 5.75 Å². The van der Waals surface area contributed by atoms with Crippen LogP contribution in [0.2, 0.25) is 0 Å². The van der Waals surface area contributed by atoms with E-state index in [4.69, 9.17) is 10.5 Å². The Hall–Kier alpha value is -0.610. The summed E-state index contributed by atoms with van der Waals surface area (Å²) >= 11 is 3.20. The summed E-state index contributed by atoms with van der Waals surface area (Å²) in [6.45, 7) is 2.39. The fourth-order valence-corrected chi connectivity index (χ4v) is 2.02. The average molecular weight is 262 g/mol. The highest BCUT2D eigenvalue weighted by Crippen LogP contribution is 2.34. The van der Waals surface area contributed by atoms with Crippen LogP contribution in [0.4, 0.5) is 4.39 Å². The number of rotatable bonds is 3. The van der Waals surface area contributed by atoms with Crippen LogP contribution in [0.1, 0.15) is 18.4 Å². The molecule has 0 fully saturated rings. The zero-order chi connectivity index (χ0) is 10.7. The summed E-state index contributed by atoms with van der Waals surface area (Å²) in [4.78, 5) is 0. The third kappa shape index (κ3) is 2.07. The molecule has 0 aliphatic carbocycles. The van der Waals surface area contributed by atoms with Crippen molar-refractivity contribution in [2.45, 2.75) is 12.8 Å². The molecule has 0 saturated heterocycles. The molecule has 14 heavy (non-hydrogen) atoms. The van der Waals surface area contributed by atoms with Gasteiger partial charge in [0.25, 0.3) is 0 Å². The lowest BCUT2D eigenvalue weighted by atomic mass is 10.0. The molecule has 1 aromatic carbocycles. The molecule has 0 radical (unpaired) electrons. The van der Waals surface area contributed by atoms with E-state index in [2.05, 4.69) is 15.9 Å². The number of nitrogens with two attached hydrogens (primary N) is 1. The van der Waals surface area contributed by atoms with Crippen molar-refractivity contribution in [3.05, 3.63) is 28.0 Å². The number of methoxy groups -OCH3 is 1. The predicted molar refractivity (Wildman–Crippen MR) is 58.1 cm³/mol. The van der Waals surface area contributed by atoms with E-state index in [1.807, 2.05) is 6.92 Å². The van der Waals surface area contributed by atoms with E-state index >= 15 is 0 Å². The summed E-state index contributed by atoms with van der Waals surface area (Å²) in [6, 6.07) is 2.98. The van der Waals surface area contributed by atoms with Gasteiger partial charge in [-0.2, -0.15) is 0 Å². The topological polar surface area (TPSA) is 35.2 Å². The number of ether oxygens (including phenoxy) is 1. The first-order valence-electron chi connectivity index (χ1n) is 4.33. The molecule has 0 spiro atoms. The SMILES string of the molecule is COc1ccc(F)c(Br)c1C(C)CN. The van der Waals surface area contributed by atoms with Crippen molar-refractivity contribution in [3.63, 3.8) is 0 Å². The van der Waals surface area contributed by atoms with Gasteiger partial charge < -0.3 is 10.5 Å². The zero-order valence-corrected chi connectivity index (χ0v) is 9.77. The van der Waals surface area contributed by atoms with E-state index in [0.717, 1.165) is 5.56 Å². The molecule has 78 valence electrons. The lowest BCUT2D eigenvalue weighted by molar-refractivity contribution is 0.404. The van der Waals surface area contributed by atoms with Crippen LogP contribution in [0.15, 0.2) is 16.6 Å². The maximum Gasteiger partial charge on any atom is 0.137 e. The van der Waals surface area contributed by atoms with E-state index in [1.54, 1.807) is 13.2 Å². The van der Waals surface area contributed by atoms with Gasteiger partial charge in [-0.05, 0) is 40.5 Å². The highest BCUT2D eigenvalue weighted by molar-refractivity contribution is 9.10. The van der Waals surface area contributed by atoms with E-state index in [9.17, 15) is 4.39 Å². The quantitative estimate of drug-likeness (QED) is 0.908. The van der Waals surface area contributed by atoms with Crippen molar-refractivity contribution in [2.75, 3.05) is 13.7 Å². The summed E-state index contributed by atoms with van der Waals surface area (Å²) in [6.07, 6.45) is 0. The third-order valence-corrected chi connectivity index (χ3v) is 2.96. The molecule has 1 atom stereocenters. The molecule has 2 nitrogen and oxygen atoms in total. The minimum Gasteiger partial charge on any atom is -0.496 e. The Labute approximate surface area is 91.4 Å². The molecule has 0 aromatic heterocycles. The third-order valence-electron chi connectivity index (χ3n) is 2.16. The van der Waals surface area contributed by atoms with E-state index in [0.29, 0.717) is 16.8 Å². The average Bonchev–Trinajstić information content (AvgIpc) is 2.20. The van der Waals surface area contributed by atoms with Crippen molar-refractivity contribution in [2.24, 2.45) is 5.73 Å². The molecule has 2 N–H and O–H groups in total. The summed E-state index contributed by atoms with van der Waals surface area (Å²) in [5.41, 5.74) is 6.33. The van der Waals surface area contributed by atoms with Crippen molar-refractivity contribution >= 4 is 15.9 Å². The molecule has 0 heterocycles. The summed E-state index contributed by atoms with van der Waals surface area (Å²) in [5.74, 6) is 0.437. The van der Waals surface area contributed by atoms with Gasteiger partial charge in [-0.3, -0.25) is 0 Å². The van der Waals surface area contributed by atoms with Crippen molar-refractivity contribution in [1.29, 1.82) is 0 Å². The molecular weight excluding hydrogens is 249 g/mol. The fourth-order valence-electron chi connectivity index (χ4n) is 1.30. The molecule has 0 aliphatic rings. The number of hydrogen-bond acceptors (Lipinski definition) is 2. The first-order valence-corrected chi connectivity index (χ1v) is 5.13. The Kier molecular flexibility index (Phi) is 3.89. The molecule has 1 unspecified atom stereocenters. The second kappa shape index (κ2) is 4.75. The summed E-state index contributed by atoms with van der Waals surface area (Å²) in [5, 5.41) is 0. The van der Waals surface area contributed by atoms with Crippen LogP contribution in [0.3, 0.4) is 0 Å². The van der Waals surface area contributed by atoms with Gasteiger partial charge in [-0.1, -0.05) is 6.92 Å². The Morgan fingerprint density at radius 3 is 2.71 bits per heavy atom. The molecule has 0 amide bonds. The standard InChI is InChI=1S/C10H13BrFNO/c1-6(5-13)9-8(14-2)4-3-7(12)10(9)11/h3-4,6H,5,13H2,1-2H3. The van der Waals surface area contributed by atoms with Gasteiger partial charge in [0, 0.05) is 5.56 Å². The van der Waals surface area contributed by atoms with Gasteiger partial charge in [-0.25, -0.2) is 4.39 Å². The molecule has 0 bridgehead atoms. The van der Waals surface area contributed by atoms with Gasteiger partial charge in [0.05, 0.1) is 11.6 Å². The lowest BCUT2D eigenvalue weighted by Gasteiger charge is -2.16. The molecule has 1 aromatic rings. The minimum atomic E-state index is -0.291. The summed E-state index contributed by atoms with van der Waals surface area (Å²) < 4.78 is 18.8. The van der Waals surface area contributed by atoms with Crippen molar-refractivity contribution < 1.29 is 9.13 Å². The molecule has 0 saturated carbocycles. The zero-order valence-electron chi connectivity index (χ0n) is 8.18. The normalized spacial score (nSPS) is 12.6. The monoisotopic (exact) mass is 261 g/mol. The van der Waals surface area contributed by atoms with Gasteiger partial charge >= 0.3 is 0 Å². The predicted octanol–water partition coefficient (Wildman–Crippen LogP) is 2.66. The van der Waals surface area contributed by atoms with Crippen LogP contribution in [0, 0.1) is 5.82 Å². The van der Waals surface area contributed by atoms with Crippen LogP contribution < -0.4 is 10.5 Å². The highest BCUT2D eigenvalue weighted by atomic mass is 79.9. The first-order chi connectivity index (χ1) is 6.61. The lowest BCUT2D eigenvalue weighted by Crippen LogP contribution is -2.11. The van der Waals surface area contributed by atoms with E-state index < -0.39 is 0 Å². The van der Waals surface area contributed by atoms with Crippen LogP contribution in [-0.2, 0) is 0 Å². The number of hydrogen-bond donors (Lipinski definition) is 1. The second-order valence-corrected chi connectivity index (χ2v) is 3.91. The molecular formula is C10H13BrFNO. The van der Waals surface area contributed by atoms with Gasteiger partial charge in [-0.15, -0.1) is 0 Å². The van der Waals surface area contributed by atoms with Crippen molar-refractivity contribution in [3.8, 4) is 5.75 Å². The van der Waals surface area contributed by atoms with E-state index in [1.165, 1.54) is 6.07 Å². The van der Waals surface area contributed by atoms with Gasteiger partial charge in [0.1, 0.15) is 11.6 Å². The van der Waals surface area contributed by atoms with Crippen LogP contribution in [-0.4, -0.2) is 13.7 Å². The Bertz CT molecular complexity index is 330. The Balaban J connectivity index is 3.27. The number of halogens is 2. The molecule has 0 aliphatic heterocycles. The minimum absolute atomic E-state index is 0.0648. The first kappa shape index (κ1) is 11.5. The van der Waals surface area contributed by atoms with Gasteiger partial charge in [0.2, 0.25) is 0 Å². The largest absolute Gasteiger partial charge is 0.496 e. The smallest absolute Gasteiger partial charge is 0.137 e. The van der Waals surface area contributed by atoms with E-state index in [-0.39, 0.29) is 11.7 Å². The maximum absolute atomic E-state index is 13.2. The van der Waals surface area contributed by atoms with Crippen LogP contribution >= 0.6 is 15.9 Å².